The second-order valence-electron chi connectivity index (χ2n) is 10.0. The fourth-order valence-electron chi connectivity index (χ4n) is 5.27. The number of halogens is 3. The average molecular weight is 571 g/mol. The number of carbonyl (C=O) groups is 2. The second kappa shape index (κ2) is 10.0. The maximum atomic E-state index is 13.3. The zero-order valence-electron chi connectivity index (χ0n) is 21.0. The molecule has 1 atom stereocenters. The lowest BCUT2D eigenvalue weighted by Gasteiger charge is -2.41. The molecule has 2 fully saturated rings. The number of aryl methyl sites for hydroxylation is 1. The van der Waals surface area contributed by atoms with Crippen molar-refractivity contribution in [2.45, 2.75) is 31.6 Å². The Morgan fingerprint density at radius 2 is 1.77 bits per heavy atom. The fourth-order valence-corrected chi connectivity index (χ4v) is 6.95. The van der Waals surface area contributed by atoms with Crippen LogP contribution in [0.1, 0.15) is 37.7 Å². The third-order valence-corrected chi connectivity index (χ3v) is 9.27. The van der Waals surface area contributed by atoms with Gasteiger partial charge in [-0.15, -0.1) is 22.7 Å². The van der Waals surface area contributed by atoms with Gasteiger partial charge < -0.3 is 15.1 Å². The third-order valence-electron chi connectivity index (χ3n) is 7.42. The van der Waals surface area contributed by atoms with Gasteiger partial charge in [0.25, 0.3) is 11.8 Å². The summed E-state index contributed by atoms with van der Waals surface area (Å²) in [4.78, 5) is 34.2. The monoisotopic (exact) mass is 570 g/mol. The number of alkyl halides is 3. The van der Waals surface area contributed by atoms with Gasteiger partial charge in [-0.25, -0.2) is 4.98 Å². The summed E-state index contributed by atoms with van der Waals surface area (Å²) in [6, 6.07) is 11.2. The van der Waals surface area contributed by atoms with Crippen molar-refractivity contribution in [3.63, 3.8) is 0 Å². The van der Waals surface area contributed by atoms with E-state index in [0.29, 0.717) is 47.9 Å². The average Bonchev–Trinajstić information content (AvgIpc) is 3.66. The van der Waals surface area contributed by atoms with Crippen LogP contribution in [0, 0.1) is 6.92 Å². The number of nitrogens with zero attached hydrogens (tertiary/aromatic N) is 3. The van der Waals surface area contributed by atoms with Crippen molar-refractivity contribution in [1.82, 2.24) is 20.1 Å². The van der Waals surface area contributed by atoms with Crippen LogP contribution in [0.25, 0.3) is 21.2 Å². The maximum Gasteiger partial charge on any atom is 0.416 e. The number of rotatable bonds is 5. The molecule has 202 valence electrons. The quantitative estimate of drug-likeness (QED) is 0.335. The molecule has 4 heterocycles. The number of hydrogen-bond acceptors (Lipinski definition) is 6. The zero-order valence-corrected chi connectivity index (χ0v) is 22.6. The van der Waals surface area contributed by atoms with Crippen molar-refractivity contribution >= 4 is 44.6 Å². The molecule has 2 saturated heterocycles. The van der Waals surface area contributed by atoms with Gasteiger partial charge in [0.05, 0.1) is 16.0 Å². The molecular formula is C28H25F3N4O2S2. The predicted octanol–water partition coefficient (Wildman–Crippen LogP) is 5.68. The Balaban J connectivity index is 1.09. The maximum absolute atomic E-state index is 13.3. The SMILES string of the molecule is Cc1c(C(=O)N2CC(N[C@H]3CCN(C(=O)c4cscn4)C3)C2)sc2ccc(-c3cccc(C(F)(F)F)c3)cc12. The van der Waals surface area contributed by atoms with Crippen molar-refractivity contribution in [3.05, 3.63) is 75.1 Å². The van der Waals surface area contributed by atoms with E-state index >= 15 is 0 Å². The summed E-state index contributed by atoms with van der Waals surface area (Å²) in [5.41, 5.74) is 3.47. The molecule has 6 nitrogen and oxygen atoms in total. The van der Waals surface area contributed by atoms with Gasteiger partial charge in [0.1, 0.15) is 5.69 Å². The van der Waals surface area contributed by atoms with Crippen LogP contribution in [0.4, 0.5) is 13.2 Å². The number of hydrogen-bond donors (Lipinski definition) is 1. The third kappa shape index (κ3) is 5.06. The Labute approximate surface area is 231 Å². The number of benzene rings is 2. The highest BCUT2D eigenvalue weighted by atomic mass is 32.1. The van der Waals surface area contributed by atoms with Crippen LogP contribution in [-0.2, 0) is 6.18 Å². The first kappa shape index (κ1) is 26.0. The van der Waals surface area contributed by atoms with Gasteiger partial charge in [-0.3, -0.25) is 9.59 Å². The minimum absolute atomic E-state index is 0.0286. The standard InChI is InChI=1S/C28H25F3N4O2S2/c1-16-22-10-18(17-3-2-4-19(9-17)28(29,30)31)5-6-24(22)39-25(16)27(37)35-12-21(13-35)33-20-7-8-34(11-20)26(36)23-14-38-15-32-23/h2-6,9-10,14-15,20-21,33H,7-8,11-13H2,1H3/t20-/m0/s1. The molecular weight excluding hydrogens is 545 g/mol. The number of carbonyl (C=O) groups excluding carboxylic acids is 2. The van der Waals surface area contributed by atoms with E-state index < -0.39 is 11.7 Å². The fraction of sp³-hybridized carbons (Fsp3) is 0.321. The molecule has 0 radical (unpaired) electrons. The van der Waals surface area contributed by atoms with Crippen molar-refractivity contribution in [2.75, 3.05) is 26.2 Å². The van der Waals surface area contributed by atoms with Gasteiger partial charge in [-0.2, -0.15) is 13.2 Å². The first-order chi connectivity index (χ1) is 18.7. The summed E-state index contributed by atoms with van der Waals surface area (Å²) in [5, 5.41) is 6.22. The smallest absolute Gasteiger partial charge is 0.336 e. The molecule has 0 aliphatic carbocycles. The van der Waals surface area contributed by atoms with Crippen molar-refractivity contribution < 1.29 is 22.8 Å². The van der Waals surface area contributed by atoms with E-state index in [1.807, 2.05) is 28.9 Å². The lowest BCUT2D eigenvalue weighted by Crippen LogP contribution is -2.62. The Bertz CT molecular complexity index is 1540. The molecule has 2 aliphatic heterocycles. The first-order valence-electron chi connectivity index (χ1n) is 12.6. The number of nitrogens with one attached hydrogen (secondary N) is 1. The highest BCUT2D eigenvalue weighted by molar-refractivity contribution is 7.21. The van der Waals surface area contributed by atoms with Crippen LogP contribution in [0.15, 0.2) is 53.4 Å². The zero-order chi connectivity index (χ0) is 27.3. The molecule has 2 aliphatic rings. The summed E-state index contributed by atoms with van der Waals surface area (Å²) in [6.07, 6.45) is -3.54. The Morgan fingerprint density at radius 3 is 2.51 bits per heavy atom. The Morgan fingerprint density at radius 1 is 1.00 bits per heavy atom. The number of thiophene rings is 1. The molecule has 6 rings (SSSR count). The van der Waals surface area contributed by atoms with E-state index in [1.54, 1.807) is 23.0 Å². The van der Waals surface area contributed by atoms with E-state index in [9.17, 15) is 22.8 Å². The number of fused-ring (bicyclic) bond motifs is 1. The first-order valence-corrected chi connectivity index (χ1v) is 14.4. The number of amides is 2. The lowest BCUT2D eigenvalue weighted by molar-refractivity contribution is -0.137. The van der Waals surface area contributed by atoms with Crippen LogP contribution in [0.5, 0.6) is 0 Å². The van der Waals surface area contributed by atoms with Crippen LogP contribution in [0.3, 0.4) is 0 Å². The van der Waals surface area contributed by atoms with E-state index in [2.05, 4.69) is 10.3 Å². The number of aromatic nitrogens is 1. The minimum atomic E-state index is -4.40. The van der Waals surface area contributed by atoms with Crippen LogP contribution in [0.2, 0.25) is 0 Å². The largest absolute Gasteiger partial charge is 0.416 e. The molecule has 1 N–H and O–H groups in total. The van der Waals surface area contributed by atoms with Crippen LogP contribution < -0.4 is 5.32 Å². The van der Waals surface area contributed by atoms with E-state index in [-0.39, 0.29) is 23.9 Å². The summed E-state index contributed by atoms with van der Waals surface area (Å²) in [6.45, 7) is 4.40. The molecule has 0 spiro atoms. The van der Waals surface area contributed by atoms with Gasteiger partial charge in [-0.1, -0.05) is 18.2 Å². The normalized spacial score (nSPS) is 18.1. The summed E-state index contributed by atoms with van der Waals surface area (Å²) < 4.78 is 40.5. The van der Waals surface area contributed by atoms with Gasteiger partial charge in [-0.05, 0) is 59.7 Å². The molecule has 4 aromatic rings. The number of likely N-dealkylation sites (tertiary alicyclic amines) is 2. The highest BCUT2D eigenvalue weighted by Crippen LogP contribution is 2.37. The van der Waals surface area contributed by atoms with E-state index in [4.69, 9.17) is 0 Å². The molecule has 2 aromatic carbocycles. The van der Waals surface area contributed by atoms with Gasteiger partial charge in [0.15, 0.2) is 0 Å². The molecule has 0 bridgehead atoms. The molecule has 11 heteroatoms. The molecule has 2 amide bonds. The van der Waals surface area contributed by atoms with Gasteiger partial charge in [0.2, 0.25) is 0 Å². The van der Waals surface area contributed by atoms with Gasteiger partial charge >= 0.3 is 6.18 Å². The summed E-state index contributed by atoms with van der Waals surface area (Å²) >= 11 is 2.82. The Hall–Kier alpha value is -3.28. The highest BCUT2D eigenvalue weighted by Gasteiger charge is 2.36. The molecule has 0 saturated carbocycles. The molecule has 39 heavy (non-hydrogen) atoms. The molecule has 2 aromatic heterocycles. The summed E-state index contributed by atoms with van der Waals surface area (Å²) in [5.74, 6) is -0.0680. The Kier molecular flexibility index (Phi) is 6.68. The lowest BCUT2D eigenvalue weighted by atomic mass is 10.00. The second-order valence-corrected chi connectivity index (χ2v) is 11.8. The van der Waals surface area contributed by atoms with Crippen molar-refractivity contribution in [3.8, 4) is 11.1 Å². The van der Waals surface area contributed by atoms with Crippen molar-refractivity contribution in [2.24, 2.45) is 0 Å². The predicted molar refractivity (Wildman–Crippen MR) is 146 cm³/mol. The number of thiazole rings is 1. The molecule has 0 unspecified atom stereocenters. The topological polar surface area (TPSA) is 65.5 Å². The van der Waals surface area contributed by atoms with E-state index in [1.165, 1.54) is 28.7 Å². The van der Waals surface area contributed by atoms with Crippen LogP contribution >= 0.6 is 22.7 Å². The van der Waals surface area contributed by atoms with Crippen LogP contribution in [-0.4, -0.2) is 64.9 Å². The van der Waals surface area contributed by atoms with E-state index in [0.717, 1.165) is 34.2 Å². The van der Waals surface area contributed by atoms with Crippen molar-refractivity contribution in [1.29, 1.82) is 0 Å². The minimum Gasteiger partial charge on any atom is -0.336 e. The van der Waals surface area contributed by atoms with Gasteiger partial charge in [0, 0.05) is 48.3 Å². The summed E-state index contributed by atoms with van der Waals surface area (Å²) in [7, 11) is 0.